The number of methoxy groups -OCH3 is 1. The van der Waals surface area contributed by atoms with E-state index in [1.54, 1.807) is 11.8 Å². The van der Waals surface area contributed by atoms with Crippen molar-refractivity contribution >= 4 is 5.91 Å². The fourth-order valence-electron chi connectivity index (χ4n) is 3.51. The zero-order valence-electron chi connectivity index (χ0n) is 17.1. The average Bonchev–Trinajstić information content (AvgIpc) is 3.20. The number of rotatable bonds is 6. The quantitative estimate of drug-likeness (QED) is 0.708. The van der Waals surface area contributed by atoms with E-state index in [-0.39, 0.29) is 11.9 Å². The second-order valence-electron chi connectivity index (χ2n) is 6.73. The number of nitrogens with zero attached hydrogens (tertiary/aromatic N) is 5. The molecule has 0 saturated heterocycles. The van der Waals surface area contributed by atoms with Gasteiger partial charge in [-0.05, 0) is 46.8 Å². The number of hydrogen-bond acceptors (Lipinski definition) is 5. The van der Waals surface area contributed by atoms with E-state index < -0.39 is 0 Å². The van der Waals surface area contributed by atoms with Gasteiger partial charge in [-0.1, -0.05) is 11.3 Å². The lowest BCUT2D eigenvalue weighted by Crippen LogP contribution is -2.28. The largest absolute Gasteiger partial charge is 0.497 e. The topological polar surface area (TPSA) is 86.9 Å². The molecule has 2 aromatic heterocycles. The number of aryl methyl sites for hydroxylation is 2. The first-order valence-corrected chi connectivity index (χ1v) is 9.28. The molecule has 2 heterocycles. The Bertz CT molecular complexity index is 1000. The molecule has 0 bridgehead atoms. The molecule has 0 aliphatic rings. The average molecular weight is 382 g/mol. The van der Waals surface area contributed by atoms with Crippen molar-refractivity contribution in [2.24, 2.45) is 0 Å². The Morgan fingerprint density at radius 1 is 1.25 bits per heavy atom. The number of hydrogen-bond donors (Lipinski definition) is 1. The minimum absolute atomic E-state index is 0.186. The van der Waals surface area contributed by atoms with Crippen LogP contribution >= 0.6 is 0 Å². The second kappa shape index (κ2) is 7.84. The van der Waals surface area contributed by atoms with Crippen LogP contribution in [0.25, 0.3) is 5.69 Å². The molecule has 0 spiro atoms. The molecule has 0 aliphatic heterocycles. The van der Waals surface area contributed by atoms with Gasteiger partial charge in [0, 0.05) is 23.9 Å². The third kappa shape index (κ3) is 3.49. The molecule has 28 heavy (non-hydrogen) atoms. The van der Waals surface area contributed by atoms with Crippen LogP contribution in [0.3, 0.4) is 0 Å². The van der Waals surface area contributed by atoms with Gasteiger partial charge >= 0.3 is 0 Å². The molecule has 1 amide bonds. The Hall–Kier alpha value is -3.16. The summed E-state index contributed by atoms with van der Waals surface area (Å²) in [6.07, 6.45) is 0. The Morgan fingerprint density at radius 2 is 2.00 bits per heavy atom. The molecular weight excluding hydrogens is 356 g/mol. The molecule has 148 valence electrons. The van der Waals surface area contributed by atoms with E-state index in [0.29, 0.717) is 17.1 Å². The zero-order chi connectivity index (χ0) is 20.4. The summed E-state index contributed by atoms with van der Waals surface area (Å²) < 4.78 is 8.83. The predicted molar refractivity (Wildman–Crippen MR) is 106 cm³/mol. The molecule has 3 aromatic rings. The summed E-state index contributed by atoms with van der Waals surface area (Å²) in [7, 11) is 1.61. The molecule has 0 saturated carbocycles. The van der Waals surface area contributed by atoms with E-state index in [1.807, 2.05) is 63.6 Å². The van der Waals surface area contributed by atoms with Gasteiger partial charge in [-0.15, -0.1) is 5.10 Å². The lowest BCUT2D eigenvalue weighted by Gasteiger charge is -2.14. The van der Waals surface area contributed by atoms with Gasteiger partial charge in [0.1, 0.15) is 5.75 Å². The first kappa shape index (κ1) is 19.6. The molecule has 1 N–H and O–H groups in total. The molecular formula is C20H26N6O2. The zero-order valence-corrected chi connectivity index (χ0v) is 17.1. The van der Waals surface area contributed by atoms with E-state index >= 15 is 0 Å². The van der Waals surface area contributed by atoms with Gasteiger partial charge in [0.25, 0.3) is 5.91 Å². The van der Waals surface area contributed by atoms with Crippen LogP contribution in [0.15, 0.2) is 24.3 Å². The predicted octanol–water partition coefficient (Wildman–Crippen LogP) is 2.91. The van der Waals surface area contributed by atoms with Crippen molar-refractivity contribution in [3.63, 3.8) is 0 Å². The van der Waals surface area contributed by atoms with Crippen molar-refractivity contribution < 1.29 is 9.53 Å². The van der Waals surface area contributed by atoms with E-state index in [0.717, 1.165) is 29.2 Å². The maximum absolute atomic E-state index is 12.8. The summed E-state index contributed by atoms with van der Waals surface area (Å²) >= 11 is 0. The summed E-state index contributed by atoms with van der Waals surface area (Å²) in [6.45, 7) is 10.6. The summed E-state index contributed by atoms with van der Waals surface area (Å²) in [5.74, 6) is 0.452. The first-order valence-electron chi connectivity index (χ1n) is 9.28. The van der Waals surface area contributed by atoms with Crippen LogP contribution in [0.5, 0.6) is 5.75 Å². The van der Waals surface area contributed by atoms with Gasteiger partial charge in [-0.2, -0.15) is 5.10 Å². The Balaban J connectivity index is 1.84. The van der Waals surface area contributed by atoms with Crippen molar-refractivity contribution in [2.75, 3.05) is 7.11 Å². The van der Waals surface area contributed by atoms with E-state index in [1.165, 1.54) is 0 Å². The van der Waals surface area contributed by atoms with Crippen molar-refractivity contribution in [3.05, 3.63) is 52.6 Å². The Labute approximate surface area is 164 Å². The number of aromatic nitrogens is 5. The fraction of sp³-hybridized carbons (Fsp3) is 0.400. The van der Waals surface area contributed by atoms with E-state index in [9.17, 15) is 4.79 Å². The molecule has 1 atom stereocenters. The molecule has 1 aromatic carbocycles. The fourth-order valence-corrected chi connectivity index (χ4v) is 3.51. The van der Waals surface area contributed by atoms with Crippen LogP contribution < -0.4 is 10.1 Å². The molecule has 0 fully saturated rings. The maximum Gasteiger partial charge on any atom is 0.274 e. The highest BCUT2D eigenvalue weighted by atomic mass is 16.5. The van der Waals surface area contributed by atoms with Crippen molar-refractivity contribution in [2.45, 2.75) is 47.2 Å². The van der Waals surface area contributed by atoms with Gasteiger partial charge in [-0.25, -0.2) is 4.68 Å². The lowest BCUT2D eigenvalue weighted by molar-refractivity contribution is 0.0934. The van der Waals surface area contributed by atoms with Gasteiger partial charge in [0.05, 0.1) is 30.2 Å². The van der Waals surface area contributed by atoms with Crippen LogP contribution in [-0.4, -0.2) is 37.8 Å². The van der Waals surface area contributed by atoms with Gasteiger partial charge in [0.2, 0.25) is 0 Å². The third-order valence-electron chi connectivity index (χ3n) is 4.93. The lowest BCUT2D eigenvalue weighted by atomic mass is 10.1. The monoisotopic (exact) mass is 382 g/mol. The number of ether oxygens (including phenoxy) is 1. The van der Waals surface area contributed by atoms with Gasteiger partial charge in [-0.3, -0.25) is 9.48 Å². The molecule has 3 rings (SSSR count). The highest BCUT2D eigenvalue weighted by Gasteiger charge is 2.23. The summed E-state index contributed by atoms with van der Waals surface area (Å²) in [6, 6.07) is 7.27. The van der Waals surface area contributed by atoms with Crippen molar-refractivity contribution in [1.29, 1.82) is 0 Å². The molecule has 8 nitrogen and oxygen atoms in total. The SMILES string of the molecule is CCn1nc(C)c(C(C)NC(=O)c2nnn(-c3cccc(OC)c3)c2C)c1C. The smallest absolute Gasteiger partial charge is 0.274 e. The number of carbonyl (C=O) groups is 1. The van der Waals surface area contributed by atoms with Gasteiger partial charge < -0.3 is 10.1 Å². The standard InChI is InChI=1S/C20H26N6O2/c1-7-25-14(4)18(13(3)23-25)12(2)21-20(27)19-15(5)26(24-22-19)16-9-8-10-17(11-16)28-6/h8-12H,7H2,1-6H3,(H,21,27). The summed E-state index contributed by atoms with van der Waals surface area (Å²) in [5, 5.41) is 15.8. The second-order valence-corrected chi connectivity index (χ2v) is 6.73. The summed E-state index contributed by atoms with van der Waals surface area (Å²) in [4.78, 5) is 12.8. The first-order chi connectivity index (χ1) is 13.4. The van der Waals surface area contributed by atoms with Crippen molar-refractivity contribution in [3.8, 4) is 11.4 Å². The number of carbonyl (C=O) groups excluding carboxylic acids is 1. The number of nitrogens with one attached hydrogen (secondary N) is 1. The van der Waals surface area contributed by atoms with E-state index in [4.69, 9.17) is 4.74 Å². The molecule has 1 unspecified atom stereocenters. The Kier molecular flexibility index (Phi) is 5.48. The minimum Gasteiger partial charge on any atom is -0.497 e. The van der Waals surface area contributed by atoms with Crippen LogP contribution in [0.4, 0.5) is 0 Å². The molecule has 0 radical (unpaired) electrons. The maximum atomic E-state index is 12.8. The van der Waals surface area contributed by atoms with Crippen LogP contribution in [-0.2, 0) is 6.54 Å². The number of amides is 1. The summed E-state index contributed by atoms with van der Waals surface area (Å²) in [5.41, 5.74) is 4.76. The van der Waals surface area contributed by atoms with Gasteiger partial charge in [0.15, 0.2) is 5.69 Å². The Morgan fingerprint density at radius 3 is 2.64 bits per heavy atom. The third-order valence-corrected chi connectivity index (χ3v) is 4.93. The highest BCUT2D eigenvalue weighted by Crippen LogP contribution is 2.22. The highest BCUT2D eigenvalue weighted by molar-refractivity contribution is 5.93. The van der Waals surface area contributed by atoms with Crippen LogP contribution in [0.1, 0.15) is 53.0 Å². The molecule has 0 aliphatic carbocycles. The van der Waals surface area contributed by atoms with E-state index in [2.05, 4.69) is 20.7 Å². The molecule has 8 heteroatoms. The minimum atomic E-state index is -0.262. The van der Waals surface area contributed by atoms with Crippen LogP contribution in [0, 0.1) is 20.8 Å². The normalized spacial score (nSPS) is 12.1. The van der Waals surface area contributed by atoms with Crippen molar-refractivity contribution in [1.82, 2.24) is 30.1 Å². The van der Waals surface area contributed by atoms with Crippen LogP contribution in [0.2, 0.25) is 0 Å². The number of benzene rings is 1.